The zero-order valence-electron chi connectivity index (χ0n) is 16.7. The Balaban J connectivity index is 1.18. The molecular formula is C22H36N2O3. The van der Waals surface area contributed by atoms with E-state index in [1.807, 2.05) is 0 Å². The molecule has 1 spiro atoms. The molecule has 27 heavy (non-hydrogen) atoms. The number of carbonyl (C=O) groups excluding carboxylic acids is 1. The highest BCUT2D eigenvalue weighted by atomic mass is 16.5. The third kappa shape index (κ3) is 3.56. The van der Waals surface area contributed by atoms with Gasteiger partial charge in [0.1, 0.15) is 0 Å². The summed E-state index contributed by atoms with van der Waals surface area (Å²) in [7, 11) is 0. The molecule has 0 radical (unpaired) electrons. The Bertz CT molecular complexity index is 530. The average Bonchev–Trinajstić information content (AvgIpc) is 3.38. The van der Waals surface area contributed by atoms with Gasteiger partial charge in [0.15, 0.2) is 0 Å². The molecule has 2 saturated carbocycles. The Morgan fingerprint density at radius 3 is 2.37 bits per heavy atom. The molecule has 1 amide bonds. The molecule has 0 aromatic carbocycles. The Kier molecular flexibility index (Phi) is 5.20. The lowest BCUT2D eigenvalue weighted by atomic mass is 9.73. The molecule has 5 nitrogen and oxygen atoms in total. The van der Waals surface area contributed by atoms with Crippen molar-refractivity contribution in [1.29, 1.82) is 0 Å². The maximum atomic E-state index is 12.7. The van der Waals surface area contributed by atoms with Gasteiger partial charge in [-0.3, -0.25) is 9.69 Å². The summed E-state index contributed by atoms with van der Waals surface area (Å²) in [5, 5.41) is 0. The molecule has 5 fully saturated rings. The van der Waals surface area contributed by atoms with E-state index in [2.05, 4.69) is 9.80 Å². The molecule has 3 aliphatic heterocycles. The highest BCUT2D eigenvalue weighted by Crippen LogP contribution is 2.45. The van der Waals surface area contributed by atoms with Crippen LogP contribution in [0.1, 0.15) is 64.2 Å². The number of carbonyl (C=O) groups is 1. The molecule has 0 N–H and O–H groups in total. The zero-order valence-corrected chi connectivity index (χ0v) is 16.7. The first kappa shape index (κ1) is 18.4. The molecule has 2 aliphatic carbocycles. The molecule has 152 valence electrons. The predicted octanol–water partition coefficient (Wildman–Crippen LogP) is 2.83. The largest absolute Gasteiger partial charge is 0.381 e. The molecule has 1 atom stereocenters. The van der Waals surface area contributed by atoms with E-state index < -0.39 is 0 Å². The van der Waals surface area contributed by atoms with Crippen molar-refractivity contribution in [2.24, 2.45) is 11.8 Å². The number of hydrogen-bond acceptors (Lipinski definition) is 4. The summed E-state index contributed by atoms with van der Waals surface area (Å²) >= 11 is 0. The second-order valence-electron chi connectivity index (χ2n) is 9.67. The highest BCUT2D eigenvalue weighted by Gasteiger charge is 2.57. The summed E-state index contributed by atoms with van der Waals surface area (Å²) in [5.41, 5.74) is 0.218. The maximum absolute atomic E-state index is 12.7. The second-order valence-corrected chi connectivity index (χ2v) is 9.67. The van der Waals surface area contributed by atoms with Crippen LogP contribution in [0.4, 0.5) is 0 Å². The summed E-state index contributed by atoms with van der Waals surface area (Å²) < 4.78 is 12.1. The van der Waals surface area contributed by atoms with Gasteiger partial charge in [-0.2, -0.15) is 0 Å². The van der Waals surface area contributed by atoms with Gasteiger partial charge in [0.2, 0.25) is 5.91 Å². The summed E-state index contributed by atoms with van der Waals surface area (Å²) in [4.78, 5) is 17.7. The zero-order chi connectivity index (χ0) is 18.3. The van der Waals surface area contributed by atoms with Crippen LogP contribution in [-0.2, 0) is 14.3 Å². The number of rotatable bonds is 5. The molecule has 0 bridgehead atoms. The minimum atomic E-state index is 0.218. The molecule has 1 unspecified atom stereocenters. The van der Waals surface area contributed by atoms with Gasteiger partial charge in [0.05, 0.1) is 11.6 Å². The monoisotopic (exact) mass is 376 g/mol. The third-order valence-corrected chi connectivity index (χ3v) is 8.04. The number of amides is 1. The van der Waals surface area contributed by atoms with E-state index in [0.717, 1.165) is 83.9 Å². The summed E-state index contributed by atoms with van der Waals surface area (Å²) in [6.07, 6.45) is 12.4. The van der Waals surface area contributed by atoms with Crippen molar-refractivity contribution in [3.8, 4) is 0 Å². The third-order valence-electron chi connectivity index (χ3n) is 8.04. The molecule has 3 saturated heterocycles. The smallest absolute Gasteiger partial charge is 0.225 e. The Labute approximate surface area is 163 Å². The number of likely N-dealkylation sites (tertiary alicyclic amines) is 2. The van der Waals surface area contributed by atoms with Gasteiger partial charge in [-0.1, -0.05) is 12.8 Å². The van der Waals surface area contributed by atoms with Crippen LogP contribution < -0.4 is 0 Å². The Morgan fingerprint density at radius 2 is 1.70 bits per heavy atom. The summed E-state index contributed by atoms with van der Waals surface area (Å²) in [5.74, 6) is 1.61. The lowest BCUT2D eigenvalue weighted by Crippen LogP contribution is -2.76. The minimum Gasteiger partial charge on any atom is -0.381 e. The Hall–Kier alpha value is -0.650. The topological polar surface area (TPSA) is 42.0 Å². The van der Waals surface area contributed by atoms with Crippen LogP contribution in [0.5, 0.6) is 0 Å². The van der Waals surface area contributed by atoms with Gasteiger partial charge in [-0.05, 0) is 57.3 Å². The van der Waals surface area contributed by atoms with Gasteiger partial charge in [0, 0.05) is 51.4 Å². The highest BCUT2D eigenvalue weighted by molar-refractivity contribution is 5.79. The average molecular weight is 377 g/mol. The molecule has 0 aromatic heterocycles. The van der Waals surface area contributed by atoms with Gasteiger partial charge in [0.25, 0.3) is 0 Å². The van der Waals surface area contributed by atoms with Gasteiger partial charge in [-0.15, -0.1) is 0 Å². The summed E-state index contributed by atoms with van der Waals surface area (Å²) in [6, 6.07) is 0.622. The fourth-order valence-electron chi connectivity index (χ4n) is 6.02. The van der Waals surface area contributed by atoms with E-state index in [-0.39, 0.29) is 5.54 Å². The maximum Gasteiger partial charge on any atom is 0.225 e. The predicted molar refractivity (Wildman–Crippen MR) is 104 cm³/mol. The second kappa shape index (κ2) is 7.64. The first-order valence-electron chi connectivity index (χ1n) is 11.5. The van der Waals surface area contributed by atoms with Crippen LogP contribution >= 0.6 is 0 Å². The van der Waals surface area contributed by atoms with Gasteiger partial charge < -0.3 is 14.4 Å². The number of ether oxygens (including phenoxy) is 2. The van der Waals surface area contributed by atoms with E-state index in [1.54, 1.807) is 0 Å². The van der Waals surface area contributed by atoms with Gasteiger partial charge >= 0.3 is 0 Å². The number of nitrogens with zero attached hydrogens (tertiary/aromatic N) is 2. The molecular weight excluding hydrogens is 340 g/mol. The van der Waals surface area contributed by atoms with Crippen molar-refractivity contribution in [3.63, 3.8) is 0 Å². The normalized spacial score (nSPS) is 32.7. The standard InChI is InChI=1S/C22H36N2O3/c25-21(18-3-1-2-4-18)23-11-7-19(8-12-23)24-15-20(27-16-17-5-6-17)22(24)9-13-26-14-10-22/h17-20H,1-16H2. The van der Waals surface area contributed by atoms with Crippen molar-refractivity contribution in [1.82, 2.24) is 9.80 Å². The van der Waals surface area contributed by atoms with Crippen LogP contribution in [0.3, 0.4) is 0 Å². The van der Waals surface area contributed by atoms with Crippen LogP contribution in [-0.4, -0.2) is 72.8 Å². The van der Waals surface area contributed by atoms with E-state index in [4.69, 9.17) is 9.47 Å². The first-order chi connectivity index (χ1) is 13.3. The molecule has 3 heterocycles. The van der Waals surface area contributed by atoms with Crippen molar-refractivity contribution >= 4 is 5.91 Å². The van der Waals surface area contributed by atoms with Crippen molar-refractivity contribution < 1.29 is 14.3 Å². The SMILES string of the molecule is O=C(C1CCCC1)N1CCC(N2CC(OCC3CC3)C23CCOCC3)CC1. The lowest BCUT2D eigenvalue weighted by molar-refractivity contribution is -0.218. The molecule has 5 rings (SSSR count). The van der Waals surface area contributed by atoms with Crippen LogP contribution in [0.2, 0.25) is 0 Å². The Morgan fingerprint density at radius 1 is 1.00 bits per heavy atom. The number of piperidine rings is 1. The van der Waals surface area contributed by atoms with E-state index >= 15 is 0 Å². The minimum absolute atomic E-state index is 0.218. The molecule has 5 heteroatoms. The van der Waals surface area contributed by atoms with Crippen molar-refractivity contribution in [2.75, 3.05) is 39.5 Å². The van der Waals surface area contributed by atoms with E-state index in [9.17, 15) is 4.79 Å². The fourth-order valence-corrected chi connectivity index (χ4v) is 6.02. The fraction of sp³-hybridized carbons (Fsp3) is 0.955. The number of hydrogen-bond donors (Lipinski definition) is 0. The van der Waals surface area contributed by atoms with Crippen molar-refractivity contribution in [2.45, 2.75) is 81.9 Å². The van der Waals surface area contributed by atoms with Crippen LogP contribution in [0.25, 0.3) is 0 Å². The van der Waals surface area contributed by atoms with Gasteiger partial charge in [-0.25, -0.2) is 0 Å². The van der Waals surface area contributed by atoms with Crippen LogP contribution in [0.15, 0.2) is 0 Å². The quantitative estimate of drug-likeness (QED) is 0.740. The summed E-state index contributed by atoms with van der Waals surface area (Å²) in [6.45, 7) is 5.72. The van der Waals surface area contributed by atoms with E-state index in [1.165, 1.54) is 25.7 Å². The first-order valence-corrected chi connectivity index (χ1v) is 11.5. The van der Waals surface area contributed by atoms with E-state index in [0.29, 0.717) is 24.0 Å². The molecule has 5 aliphatic rings. The molecule has 0 aromatic rings. The lowest BCUT2D eigenvalue weighted by Gasteiger charge is -2.63. The van der Waals surface area contributed by atoms with Crippen molar-refractivity contribution in [3.05, 3.63) is 0 Å². The van der Waals surface area contributed by atoms with Crippen LogP contribution in [0, 0.1) is 11.8 Å².